The molecule has 9 heteroatoms. The molecule has 2 unspecified atom stereocenters. The van der Waals surface area contributed by atoms with E-state index < -0.39 is 6.03 Å². The number of unbranched alkanes of at least 4 members (excludes halogenated alkanes) is 1. The van der Waals surface area contributed by atoms with Crippen molar-refractivity contribution in [3.63, 3.8) is 0 Å². The van der Waals surface area contributed by atoms with E-state index in [1.165, 1.54) is 38.3 Å². The van der Waals surface area contributed by atoms with Gasteiger partial charge in [0, 0.05) is 50.7 Å². The molecule has 0 spiro atoms. The van der Waals surface area contributed by atoms with Crippen LogP contribution >= 0.6 is 0 Å². The number of rotatable bonds is 14. The van der Waals surface area contributed by atoms with E-state index in [-0.39, 0.29) is 24.8 Å². The Kier molecular flexibility index (Phi) is 12.5. The zero-order chi connectivity index (χ0) is 39.7. The first kappa shape index (κ1) is 38.9. The Morgan fingerprint density at radius 1 is 0.672 bits per heavy atom. The molecule has 8 rings (SSSR count). The second kappa shape index (κ2) is 18.6. The molecule has 5 aromatic carbocycles. The van der Waals surface area contributed by atoms with Crippen molar-refractivity contribution in [2.45, 2.75) is 50.4 Å². The first-order valence-corrected chi connectivity index (χ1v) is 20.7. The van der Waals surface area contributed by atoms with E-state index in [2.05, 4.69) is 113 Å². The molecule has 2 aliphatic heterocycles. The lowest BCUT2D eigenvalue weighted by Gasteiger charge is -2.35. The molecule has 0 radical (unpaired) electrons. The predicted octanol–water partition coefficient (Wildman–Crippen LogP) is 7.97. The molecule has 0 bridgehead atoms. The van der Waals surface area contributed by atoms with E-state index >= 15 is 0 Å². The molecule has 3 aliphatic rings. The molecule has 0 aromatic heterocycles. The average molecular weight is 777 g/mol. The number of carbonyl (C=O) groups is 3. The van der Waals surface area contributed by atoms with Crippen molar-refractivity contribution in [1.29, 1.82) is 0 Å². The van der Waals surface area contributed by atoms with Crippen molar-refractivity contribution in [1.82, 2.24) is 15.1 Å². The van der Waals surface area contributed by atoms with E-state index in [1.54, 1.807) is 24.3 Å². The number of nitrogens with zero attached hydrogens (tertiary/aromatic N) is 3. The minimum Gasteiger partial charge on any atom is -0.494 e. The number of ether oxygens (including phenoxy) is 2. The van der Waals surface area contributed by atoms with Gasteiger partial charge in [0.2, 0.25) is 5.91 Å². The van der Waals surface area contributed by atoms with Gasteiger partial charge in [0.25, 0.3) is 5.91 Å². The second-order valence-electron chi connectivity index (χ2n) is 15.6. The summed E-state index contributed by atoms with van der Waals surface area (Å²) in [6.45, 7) is 4.99. The zero-order valence-corrected chi connectivity index (χ0v) is 33.1. The summed E-state index contributed by atoms with van der Waals surface area (Å²) in [6.07, 6.45) is 5.43. The lowest BCUT2D eigenvalue weighted by atomic mass is 9.69. The first-order valence-electron chi connectivity index (χ1n) is 20.7. The number of anilines is 1. The number of hydrogen-bond acceptors (Lipinski definition) is 6. The lowest BCUT2D eigenvalue weighted by molar-refractivity contribution is -0.135. The van der Waals surface area contributed by atoms with Crippen LogP contribution in [0.3, 0.4) is 0 Å². The highest BCUT2D eigenvalue weighted by Crippen LogP contribution is 2.46. The van der Waals surface area contributed by atoms with Gasteiger partial charge < -0.3 is 14.4 Å². The van der Waals surface area contributed by atoms with E-state index in [1.807, 2.05) is 4.90 Å². The monoisotopic (exact) mass is 776 g/mol. The van der Waals surface area contributed by atoms with Crippen LogP contribution in [0.4, 0.5) is 10.5 Å². The predicted molar refractivity (Wildman–Crippen MR) is 227 cm³/mol. The van der Waals surface area contributed by atoms with Crippen LogP contribution in [-0.2, 0) is 22.4 Å². The van der Waals surface area contributed by atoms with Gasteiger partial charge in [-0.3, -0.25) is 24.7 Å². The fraction of sp³-hybridized carbons (Fsp3) is 0.327. The molecule has 1 aliphatic carbocycles. The van der Waals surface area contributed by atoms with E-state index in [4.69, 9.17) is 9.47 Å². The number of hydrogen-bond donors (Lipinski definition) is 1. The number of fused-ring (bicyclic) bond motifs is 1. The first-order chi connectivity index (χ1) is 28.5. The number of imide groups is 1. The standard InChI is InChI=1S/C49H52N4O5/c54-46-25-27-53(49(56)50-46)41-17-21-43(22-18-41)58-35-47(55)52-30-28-51(29-31-52)26-7-8-32-57-42-19-14-39(15-20-42)48-44(38-11-5-2-6-12-38)24-16-40-34-37(13-23-45(40)48)33-36-9-3-1-4-10-36/h1-6,9-15,17-23,34,44,48H,7-8,16,24-33,35H2,(H,50,54,56). The van der Waals surface area contributed by atoms with Gasteiger partial charge in [0.05, 0.1) is 6.61 Å². The summed E-state index contributed by atoms with van der Waals surface area (Å²) in [5.74, 6) is 1.88. The Morgan fingerprint density at radius 2 is 1.38 bits per heavy atom. The Hall–Kier alpha value is -5.93. The normalized spacial score (nSPS) is 18.3. The SMILES string of the molecule is O=C1CCN(c2ccc(OCC(=O)N3CCN(CCCCOc4ccc(C5c6ccc(Cc7ccccc7)cc6CCC5c5ccccc5)cc4)CC3)cc2)C(=O)N1. The summed E-state index contributed by atoms with van der Waals surface area (Å²) < 4.78 is 12.0. The minimum absolute atomic E-state index is 0.0338. The van der Waals surface area contributed by atoms with Gasteiger partial charge >= 0.3 is 6.03 Å². The highest BCUT2D eigenvalue weighted by Gasteiger charge is 2.32. The highest BCUT2D eigenvalue weighted by atomic mass is 16.5. The summed E-state index contributed by atoms with van der Waals surface area (Å²) >= 11 is 0. The second-order valence-corrected chi connectivity index (χ2v) is 15.6. The lowest BCUT2D eigenvalue weighted by Crippen LogP contribution is -2.50. The van der Waals surface area contributed by atoms with Crippen molar-refractivity contribution in [2.24, 2.45) is 0 Å². The van der Waals surface area contributed by atoms with Crippen LogP contribution in [0.2, 0.25) is 0 Å². The number of benzene rings is 5. The third kappa shape index (κ3) is 9.60. The third-order valence-electron chi connectivity index (χ3n) is 11.8. The van der Waals surface area contributed by atoms with Gasteiger partial charge in [-0.25, -0.2) is 4.79 Å². The maximum atomic E-state index is 12.9. The van der Waals surface area contributed by atoms with Crippen molar-refractivity contribution < 1.29 is 23.9 Å². The van der Waals surface area contributed by atoms with Crippen LogP contribution in [0.5, 0.6) is 11.5 Å². The van der Waals surface area contributed by atoms with Gasteiger partial charge in [-0.15, -0.1) is 0 Å². The number of urea groups is 1. The van der Waals surface area contributed by atoms with E-state index in [0.717, 1.165) is 57.5 Å². The molecular formula is C49H52N4O5. The Labute approximate surface area is 341 Å². The van der Waals surface area contributed by atoms with Crippen molar-refractivity contribution in [3.8, 4) is 11.5 Å². The maximum Gasteiger partial charge on any atom is 0.328 e. The number of nitrogens with one attached hydrogen (secondary N) is 1. The third-order valence-corrected chi connectivity index (χ3v) is 11.8. The number of aryl methyl sites for hydroxylation is 1. The fourth-order valence-electron chi connectivity index (χ4n) is 8.68. The number of piperazine rings is 1. The smallest absolute Gasteiger partial charge is 0.328 e. The molecule has 2 atom stereocenters. The van der Waals surface area contributed by atoms with Crippen LogP contribution in [0.1, 0.15) is 70.9 Å². The quantitative estimate of drug-likeness (QED) is 0.115. The molecule has 58 heavy (non-hydrogen) atoms. The van der Waals surface area contributed by atoms with Gasteiger partial charge in [0.15, 0.2) is 6.61 Å². The van der Waals surface area contributed by atoms with E-state index in [9.17, 15) is 14.4 Å². The van der Waals surface area contributed by atoms with Crippen LogP contribution in [-0.4, -0.2) is 80.1 Å². The summed E-state index contributed by atoms with van der Waals surface area (Å²) in [7, 11) is 0. The van der Waals surface area contributed by atoms with Crippen molar-refractivity contribution in [3.05, 3.63) is 161 Å². The van der Waals surface area contributed by atoms with Gasteiger partial charge in [-0.05, 0) is 114 Å². The highest BCUT2D eigenvalue weighted by molar-refractivity contribution is 6.05. The fourth-order valence-corrected chi connectivity index (χ4v) is 8.68. The molecule has 0 saturated carbocycles. The average Bonchev–Trinajstić information content (AvgIpc) is 3.26. The topological polar surface area (TPSA) is 91.4 Å². The molecule has 4 amide bonds. The molecule has 2 heterocycles. The Morgan fingerprint density at radius 3 is 2.12 bits per heavy atom. The zero-order valence-electron chi connectivity index (χ0n) is 33.1. The van der Waals surface area contributed by atoms with E-state index in [0.29, 0.717) is 49.5 Å². The van der Waals surface area contributed by atoms with Gasteiger partial charge in [0.1, 0.15) is 11.5 Å². The van der Waals surface area contributed by atoms with Crippen LogP contribution in [0.15, 0.2) is 127 Å². The summed E-state index contributed by atoms with van der Waals surface area (Å²) in [5, 5.41) is 2.32. The Bertz CT molecular complexity index is 2150. The largest absolute Gasteiger partial charge is 0.494 e. The van der Waals surface area contributed by atoms with Crippen molar-refractivity contribution >= 4 is 23.5 Å². The summed E-state index contributed by atoms with van der Waals surface area (Å²) in [4.78, 5) is 42.2. The van der Waals surface area contributed by atoms with Crippen LogP contribution < -0.4 is 19.7 Å². The summed E-state index contributed by atoms with van der Waals surface area (Å²) in [5.41, 5.74) is 9.04. The number of carbonyl (C=O) groups excluding carboxylic acids is 3. The van der Waals surface area contributed by atoms with Crippen molar-refractivity contribution in [2.75, 3.05) is 57.4 Å². The maximum absolute atomic E-state index is 12.9. The van der Waals surface area contributed by atoms with Gasteiger partial charge in [-0.1, -0.05) is 91.0 Å². The molecule has 1 N–H and O–H groups in total. The molecular weight excluding hydrogens is 725 g/mol. The number of amides is 4. The molecule has 298 valence electrons. The van der Waals surface area contributed by atoms with Gasteiger partial charge in [-0.2, -0.15) is 0 Å². The summed E-state index contributed by atoms with van der Waals surface area (Å²) in [6, 6.07) is 44.3. The Balaban J connectivity index is 0.774. The van der Waals surface area contributed by atoms with Crippen LogP contribution in [0, 0.1) is 0 Å². The minimum atomic E-state index is -0.429. The molecule has 2 fully saturated rings. The van der Waals surface area contributed by atoms with Crippen LogP contribution in [0.25, 0.3) is 0 Å². The molecule has 2 saturated heterocycles. The molecule has 5 aromatic rings. The molecule has 9 nitrogen and oxygen atoms in total.